The summed E-state index contributed by atoms with van der Waals surface area (Å²) < 4.78 is 6.35. The number of rotatable bonds is 4. The van der Waals surface area contributed by atoms with E-state index in [9.17, 15) is 4.79 Å². The van der Waals surface area contributed by atoms with Crippen LogP contribution in [0.3, 0.4) is 0 Å². The predicted octanol–water partition coefficient (Wildman–Crippen LogP) is 4.38. The van der Waals surface area contributed by atoms with Gasteiger partial charge >= 0.3 is 0 Å². The second-order valence-corrected chi connectivity index (χ2v) is 5.75. The Bertz CT molecular complexity index is 594. The summed E-state index contributed by atoms with van der Waals surface area (Å²) >= 11 is 8.17. The standard InChI is InChI=1S/C15H12ClIO2/c1-19-15-7-4-12(16)8-11(15)9-14(18)10-2-5-13(17)6-3-10/h2-8H,9H2,1H3. The molecule has 2 aromatic carbocycles. The number of halogens is 2. The normalized spacial score (nSPS) is 10.3. The number of carbonyl (C=O) groups is 1. The van der Waals surface area contributed by atoms with Crippen molar-refractivity contribution in [3.05, 3.63) is 62.2 Å². The number of benzene rings is 2. The molecule has 2 rings (SSSR count). The minimum absolute atomic E-state index is 0.0527. The minimum atomic E-state index is 0.0527. The van der Waals surface area contributed by atoms with E-state index in [1.54, 1.807) is 25.3 Å². The first kappa shape index (κ1) is 14.3. The number of hydrogen-bond donors (Lipinski definition) is 0. The fraction of sp³-hybridized carbons (Fsp3) is 0.133. The molecule has 0 N–H and O–H groups in total. The van der Waals surface area contributed by atoms with E-state index in [0.29, 0.717) is 16.3 Å². The average Bonchev–Trinajstić information content (AvgIpc) is 2.39. The molecule has 0 saturated heterocycles. The van der Waals surface area contributed by atoms with Crippen molar-refractivity contribution >= 4 is 40.0 Å². The lowest BCUT2D eigenvalue weighted by Crippen LogP contribution is -2.05. The third-order valence-electron chi connectivity index (χ3n) is 2.76. The summed E-state index contributed by atoms with van der Waals surface area (Å²) in [6, 6.07) is 12.8. The van der Waals surface area contributed by atoms with E-state index in [1.807, 2.05) is 24.3 Å². The quantitative estimate of drug-likeness (QED) is 0.576. The van der Waals surface area contributed by atoms with E-state index in [4.69, 9.17) is 16.3 Å². The maximum atomic E-state index is 12.2. The molecule has 0 radical (unpaired) electrons. The lowest BCUT2D eigenvalue weighted by atomic mass is 10.0. The summed E-state index contributed by atoms with van der Waals surface area (Å²) in [7, 11) is 1.59. The van der Waals surface area contributed by atoms with Crippen LogP contribution in [0, 0.1) is 3.57 Å². The Morgan fingerprint density at radius 1 is 1.21 bits per heavy atom. The van der Waals surface area contributed by atoms with Gasteiger partial charge in [0.1, 0.15) is 5.75 Å². The Labute approximate surface area is 130 Å². The van der Waals surface area contributed by atoms with Crippen molar-refractivity contribution in [2.75, 3.05) is 7.11 Å². The summed E-state index contributed by atoms with van der Waals surface area (Å²) in [5.74, 6) is 0.736. The highest BCUT2D eigenvalue weighted by atomic mass is 127. The van der Waals surface area contributed by atoms with Crippen LogP contribution in [0.25, 0.3) is 0 Å². The Hall–Kier alpha value is -1.07. The minimum Gasteiger partial charge on any atom is -0.496 e. The second-order valence-electron chi connectivity index (χ2n) is 4.06. The van der Waals surface area contributed by atoms with E-state index >= 15 is 0 Å². The van der Waals surface area contributed by atoms with Gasteiger partial charge in [0.05, 0.1) is 7.11 Å². The SMILES string of the molecule is COc1ccc(Cl)cc1CC(=O)c1ccc(I)cc1. The summed E-state index contributed by atoms with van der Waals surface area (Å²) in [6.45, 7) is 0. The summed E-state index contributed by atoms with van der Waals surface area (Å²) in [6.07, 6.45) is 0.282. The highest BCUT2D eigenvalue weighted by molar-refractivity contribution is 14.1. The number of hydrogen-bond acceptors (Lipinski definition) is 2. The maximum Gasteiger partial charge on any atom is 0.167 e. The largest absolute Gasteiger partial charge is 0.496 e. The topological polar surface area (TPSA) is 26.3 Å². The zero-order valence-electron chi connectivity index (χ0n) is 10.3. The first-order chi connectivity index (χ1) is 9.10. The molecule has 0 bridgehead atoms. The van der Waals surface area contributed by atoms with Gasteiger partial charge in [-0.05, 0) is 52.9 Å². The highest BCUT2D eigenvalue weighted by Crippen LogP contribution is 2.24. The Morgan fingerprint density at radius 3 is 2.53 bits per heavy atom. The third-order valence-corrected chi connectivity index (χ3v) is 3.71. The molecular formula is C15H12ClIO2. The van der Waals surface area contributed by atoms with Crippen LogP contribution < -0.4 is 4.74 Å². The fourth-order valence-electron chi connectivity index (χ4n) is 1.80. The van der Waals surface area contributed by atoms with E-state index in [1.165, 1.54) is 0 Å². The van der Waals surface area contributed by atoms with E-state index < -0.39 is 0 Å². The van der Waals surface area contributed by atoms with E-state index in [2.05, 4.69) is 22.6 Å². The molecule has 0 aliphatic carbocycles. The number of methoxy groups -OCH3 is 1. The predicted molar refractivity (Wildman–Crippen MR) is 85.2 cm³/mol. The van der Waals surface area contributed by atoms with Crippen molar-refractivity contribution in [2.24, 2.45) is 0 Å². The Morgan fingerprint density at radius 2 is 1.89 bits per heavy atom. The molecule has 19 heavy (non-hydrogen) atoms. The van der Waals surface area contributed by atoms with Crippen LogP contribution in [-0.4, -0.2) is 12.9 Å². The maximum absolute atomic E-state index is 12.2. The first-order valence-corrected chi connectivity index (χ1v) is 7.17. The molecule has 0 amide bonds. The smallest absolute Gasteiger partial charge is 0.167 e. The summed E-state index contributed by atoms with van der Waals surface area (Å²) in [5, 5.41) is 0.603. The van der Waals surface area contributed by atoms with Crippen LogP contribution in [0.1, 0.15) is 15.9 Å². The third kappa shape index (κ3) is 3.70. The van der Waals surface area contributed by atoms with Crippen molar-refractivity contribution in [2.45, 2.75) is 6.42 Å². The molecule has 0 unspecified atom stereocenters. The van der Waals surface area contributed by atoms with Crippen molar-refractivity contribution in [1.82, 2.24) is 0 Å². The van der Waals surface area contributed by atoms with Crippen LogP contribution in [0.5, 0.6) is 5.75 Å². The van der Waals surface area contributed by atoms with Gasteiger partial charge < -0.3 is 4.74 Å². The van der Waals surface area contributed by atoms with Gasteiger partial charge in [0.25, 0.3) is 0 Å². The van der Waals surface area contributed by atoms with Gasteiger partial charge in [0.15, 0.2) is 5.78 Å². The number of Topliss-reactive ketones (excluding diaryl/α,β-unsaturated/α-hetero) is 1. The van der Waals surface area contributed by atoms with E-state index in [-0.39, 0.29) is 12.2 Å². The Kier molecular flexibility index (Phi) is 4.82. The van der Waals surface area contributed by atoms with Gasteiger partial charge in [-0.15, -0.1) is 0 Å². The zero-order chi connectivity index (χ0) is 13.8. The number of ether oxygens (including phenoxy) is 1. The monoisotopic (exact) mass is 386 g/mol. The van der Waals surface area contributed by atoms with Gasteiger partial charge in [0, 0.05) is 26.1 Å². The van der Waals surface area contributed by atoms with Crippen molar-refractivity contribution in [3.8, 4) is 5.75 Å². The van der Waals surface area contributed by atoms with Gasteiger partial charge in [-0.2, -0.15) is 0 Å². The van der Waals surface area contributed by atoms with Gasteiger partial charge in [-0.25, -0.2) is 0 Å². The van der Waals surface area contributed by atoms with Gasteiger partial charge in [-0.3, -0.25) is 4.79 Å². The summed E-state index contributed by atoms with van der Waals surface area (Å²) in [5.41, 5.74) is 1.50. The van der Waals surface area contributed by atoms with Crippen molar-refractivity contribution < 1.29 is 9.53 Å². The highest BCUT2D eigenvalue weighted by Gasteiger charge is 2.11. The van der Waals surface area contributed by atoms with Crippen LogP contribution in [-0.2, 0) is 6.42 Å². The fourth-order valence-corrected chi connectivity index (χ4v) is 2.35. The number of carbonyl (C=O) groups excluding carboxylic acids is 1. The summed E-state index contributed by atoms with van der Waals surface area (Å²) in [4.78, 5) is 12.2. The van der Waals surface area contributed by atoms with Crippen LogP contribution in [0.2, 0.25) is 5.02 Å². The molecule has 0 heterocycles. The molecule has 2 aromatic rings. The van der Waals surface area contributed by atoms with Gasteiger partial charge in [0.2, 0.25) is 0 Å². The average molecular weight is 387 g/mol. The van der Waals surface area contributed by atoms with Gasteiger partial charge in [-0.1, -0.05) is 23.7 Å². The molecule has 0 fully saturated rings. The molecule has 0 saturated carbocycles. The Balaban J connectivity index is 2.23. The lowest BCUT2D eigenvalue weighted by Gasteiger charge is -2.08. The van der Waals surface area contributed by atoms with Crippen LogP contribution in [0.15, 0.2) is 42.5 Å². The van der Waals surface area contributed by atoms with Crippen molar-refractivity contribution in [3.63, 3.8) is 0 Å². The molecule has 0 atom stereocenters. The van der Waals surface area contributed by atoms with Crippen molar-refractivity contribution in [1.29, 1.82) is 0 Å². The van der Waals surface area contributed by atoms with Crippen LogP contribution >= 0.6 is 34.2 Å². The first-order valence-electron chi connectivity index (χ1n) is 5.71. The lowest BCUT2D eigenvalue weighted by molar-refractivity contribution is 0.0992. The molecule has 0 aliphatic rings. The zero-order valence-corrected chi connectivity index (χ0v) is 13.2. The number of ketones is 1. The molecule has 2 nitrogen and oxygen atoms in total. The molecule has 0 aromatic heterocycles. The second kappa shape index (κ2) is 6.39. The van der Waals surface area contributed by atoms with Crippen LogP contribution in [0.4, 0.5) is 0 Å². The molecular weight excluding hydrogens is 375 g/mol. The molecule has 0 spiro atoms. The molecule has 4 heteroatoms. The van der Waals surface area contributed by atoms with E-state index in [0.717, 1.165) is 9.13 Å². The molecule has 0 aliphatic heterocycles. The molecule has 98 valence electrons.